The quantitative estimate of drug-likeness (QED) is 0.831. The Balaban J connectivity index is 2.07. The normalized spacial score (nSPS) is 9.89. The molecule has 0 aliphatic carbocycles. The van der Waals surface area contributed by atoms with Crippen molar-refractivity contribution < 1.29 is 4.74 Å². The average molecular weight is 254 g/mol. The van der Waals surface area contributed by atoms with Gasteiger partial charge in [-0.05, 0) is 17.7 Å². The summed E-state index contributed by atoms with van der Waals surface area (Å²) >= 11 is 0. The first kappa shape index (κ1) is 12.8. The molecule has 1 heterocycles. The highest BCUT2D eigenvalue weighted by molar-refractivity contribution is 5.98. The fraction of sp³-hybridized carbons (Fsp3) is 0.214. The molecule has 1 aromatic carbocycles. The number of aromatic nitrogens is 2. The lowest BCUT2D eigenvalue weighted by Crippen LogP contribution is -2.00. The maximum absolute atomic E-state index is 8.56. The Hall–Kier alpha value is -2.61. The molecule has 5 nitrogen and oxygen atoms in total. The van der Waals surface area contributed by atoms with Gasteiger partial charge in [-0.15, -0.1) is 0 Å². The summed E-state index contributed by atoms with van der Waals surface area (Å²) in [6, 6.07) is 9.71. The van der Waals surface area contributed by atoms with E-state index in [0.717, 1.165) is 11.3 Å². The summed E-state index contributed by atoms with van der Waals surface area (Å²) in [5, 5.41) is 20.4. The van der Waals surface area contributed by atoms with Crippen molar-refractivity contribution in [3.8, 4) is 11.8 Å². The second-order valence-corrected chi connectivity index (χ2v) is 4.09. The zero-order valence-corrected chi connectivity index (χ0v) is 10.6. The maximum atomic E-state index is 8.56. The summed E-state index contributed by atoms with van der Waals surface area (Å²) in [7, 11) is 1.63. The van der Waals surface area contributed by atoms with E-state index in [1.807, 2.05) is 30.3 Å². The van der Waals surface area contributed by atoms with Crippen molar-refractivity contribution >= 4 is 5.71 Å². The molecule has 0 unspecified atom stereocenters. The maximum Gasteiger partial charge on any atom is 0.118 e. The molecule has 0 fully saturated rings. The van der Waals surface area contributed by atoms with Crippen molar-refractivity contribution in [2.24, 2.45) is 0 Å². The molecule has 0 radical (unpaired) electrons. The Labute approximate surface area is 111 Å². The van der Waals surface area contributed by atoms with Gasteiger partial charge in [0.2, 0.25) is 0 Å². The van der Waals surface area contributed by atoms with Crippen LogP contribution in [0.15, 0.2) is 36.7 Å². The van der Waals surface area contributed by atoms with Gasteiger partial charge in [-0.3, -0.25) is 4.68 Å². The highest BCUT2D eigenvalue weighted by atomic mass is 16.5. The number of nitriles is 1. The highest BCUT2D eigenvalue weighted by Gasteiger charge is 2.05. The molecule has 2 aromatic rings. The summed E-state index contributed by atoms with van der Waals surface area (Å²) in [5.41, 5.74) is 2.08. The number of benzene rings is 1. The number of rotatable bonds is 5. The monoisotopic (exact) mass is 254 g/mol. The molecule has 96 valence electrons. The number of ether oxygens (including phenoxy) is 1. The van der Waals surface area contributed by atoms with Crippen LogP contribution in [0.4, 0.5) is 0 Å². The van der Waals surface area contributed by atoms with Gasteiger partial charge >= 0.3 is 0 Å². The van der Waals surface area contributed by atoms with E-state index in [-0.39, 0.29) is 6.42 Å². The Morgan fingerprint density at radius 3 is 2.79 bits per heavy atom. The molecule has 1 N–H and O–H groups in total. The predicted octanol–water partition coefficient (Wildman–Crippen LogP) is 2.22. The Morgan fingerprint density at radius 1 is 1.42 bits per heavy atom. The Kier molecular flexibility index (Phi) is 3.94. The van der Waals surface area contributed by atoms with Crippen molar-refractivity contribution in [1.29, 1.82) is 10.7 Å². The molecule has 1 aromatic heterocycles. The first-order valence-electron chi connectivity index (χ1n) is 5.83. The van der Waals surface area contributed by atoms with Gasteiger partial charge in [-0.1, -0.05) is 12.1 Å². The van der Waals surface area contributed by atoms with E-state index in [1.54, 1.807) is 24.2 Å². The number of nitrogens with one attached hydrogen (secondary N) is 1. The van der Waals surface area contributed by atoms with Gasteiger partial charge < -0.3 is 10.1 Å². The lowest BCUT2D eigenvalue weighted by atomic mass is 10.2. The lowest BCUT2D eigenvalue weighted by Gasteiger charge is -2.03. The molecule has 0 amide bonds. The molecule has 0 spiro atoms. The van der Waals surface area contributed by atoms with E-state index in [2.05, 4.69) is 5.10 Å². The van der Waals surface area contributed by atoms with E-state index < -0.39 is 0 Å². The molecule has 19 heavy (non-hydrogen) atoms. The van der Waals surface area contributed by atoms with Gasteiger partial charge in [-0.2, -0.15) is 10.4 Å². The minimum atomic E-state index is 0.105. The number of hydrogen-bond donors (Lipinski definition) is 1. The Bertz CT molecular complexity index is 607. The van der Waals surface area contributed by atoms with Crippen LogP contribution >= 0.6 is 0 Å². The van der Waals surface area contributed by atoms with Crippen LogP contribution in [0.3, 0.4) is 0 Å². The predicted molar refractivity (Wildman–Crippen MR) is 71.4 cm³/mol. The number of hydrogen-bond acceptors (Lipinski definition) is 4. The first-order valence-corrected chi connectivity index (χ1v) is 5.83. The van der Waals surface area contributed by atoms with E-state index in [1.165, 1.54) is 0 Å². The van der Waals surface area contributed by atoms with Crippen molar-refractivity contribution in [1.82, 2.24) is 9.78 Å². The molecule has 0 atom stereocenters. The van der Waals surface area contributed by atoms with E-state index in [9.17, 15) is 0 Å². The number of nitrogens with zero attached hydrogens (tertiary/aromatic N) is 3. The van der Waals surface area contributed by atoms with E-state index in [4.69, 9.17) is 15.4 Å². The summed E-state index contributed by atoms with van der Waals surface area (Å²) in [6.45, 7) is 0.629. The SMILES string of the molecule is COc1ccc(Cn2cc(C(=N)CC#N)cn2)cc1. The minimum absolute atomic E-state index is 0.105. The zero-order valence-electron chi connectivity index (χ0n) is 10.6. The van der Waals surface area contributed by atoms with Gasteiger partial charge in [0.1, 0.15) is 5.75 Å². The second kappa shape index (κ2) is 5.83. The molecule has 0 saturated carbocycles. The minimum Gasteiger partial charge on any atom is -0.497 e. The van der Waals surface area contributed by atoms with Crippen LogP contribution in [-0.2, 0) is 6.54 Å². The largest absolute Gasteiger partial charge is 0.497 e. The van der Waals surface area contributed by atoms with Gasteiger partial charge in [0, 0.05) is 11.8 Å². The molecule has 2 rings (SSSR count). The van der Waals surface area contributed by atoms with Crippen LogP contribution in [-0.4, -0.2) is 22.6 Å². The molecule has 0 saturated heterocycles. The zero-order chi connectivity index (χ0) is 13.7. The average Bonchev–Trinajstić information content (AvgIpc) is 2.88. The fourth-order valence-corrected chi connectivity index (χ4v) is 1.71. The Morgan fingerprint density at radius 2 is 2.16 bits per heavy atom. The fourth-order valence-electron chi connectivity index (χ4n) is 1.71. The van der Waals surface area contributed by atoms with Crippen molar-refractivity contribution in [3.05, 3.63) is 47.8 Å². The molecule has 0 bridgehead atoms. The van der Waals surface area contributed by atoms with Gasteiger partial charge in [0.05, 0.1) is 38.1 Å². The third-order valence-corrected chi connectivity index (χ3v) is 2.74. The summed E-state index contributed by atoms with van der Waals surface area (Å²) < 4.78 is 6.85. The second-order valence-electron chi connectivity index (χ2n) is 4.09. The number of methoxy groups -OCH3 is 1. The van der Waals surface area contributed by atoms with Crippen LogP contribution in [0.5, 0.6) is 5.75 Å². The highest BCUT2D eigenvalue weighted by Crippen LogP contribution is 2.12. The van der Waals surface area contributed by atoms with Crippen LogP contribution in [0.2, 0.25) is 0 Å². The topological polar surface area (TPSA) is 74.7 Å². The molecular formula is C14H14N4O. The third kappa shape index (κ3) is 3.19. The standard InChI is InChI=1S/C14H14N4O/c1-19-13-4-2-11(3-5-13)9-18-10-12(8-17-18)14(16)6-7-15/h2-5,8,10,16H,6,9H2,1H3. The molecule has 5 heteroatoms. The van der Waals surface area contributed by atoms with Gasteiger partial charge in [-0.25, -0.2) is 0 Å². The van der Waals surface area contributed by atoms with E-state index in [0.29, 0.717) is 17.8 Å². The van der Waals surface area contributed by atoms with Crippen LogP contribution in [0, 0.1) is 16.7 Å². The summed E-state index contributed by atoms with van der Waals surface area (Å²) in [4.78, 5) is 0. The summed E-state index contributed by atoms with van der Waals surface area (Å²) in [6.07, 6.45) is 3.50. The molecule has 0 aliphatic heterocycles. The third-order valence-electron chi connectivity index (χ3n) is 2.74. The van der Waals surface area contributed by atoms with Gasteiger partial charge in [0.15, 0.2) is 0 Å². The molecular weight excluding hydrogens is 240 g/mol. The van der Waals surface area contributed by atoms with Crippen LogP contribution < -0.4 is 4.74 Å². The smallest absolute Gasteiger partial charge is 0.118 e. The van der Waals surface area contributed by atoms with Crippen molar-refractivity contribution in [2.75, 3.05) is 7.11 Å². The molecule has 0 aliphatic rings. The lowest BCUT2D eigenvalue weighted by molar-refractivity contribution is 0.414. The van der Waals surface area contributed by atoms with Crippen molar-refractivity contribution in [3.63, 3.8) is 0 Å². The first-order chi connectivity index (χ1) is 9.22. The van der Waals surface area contributed by atoms with Gasteiger partial charge in [0.25, 0.3) is 0 Å². The van der Waals surface area contributed by atoms with Crippen LogP contribution in [0.1, 0.15) is 17.5 Å². The van der Waals surface area contributed by atoms with E-state index >= 15 is 0 Å². The summed E-state index contributed by atoms with van der Waals surface area (Å²) in [5.74, 6) is 0.820. The van der Waals surface area contributed by atoms with Crippen LogP contribution in [0.25, 0.3) is 0 Å². The van der Waals surface area contributed by atoms with Crippen molar-refractivity contribution in [2.45, 2.75) is 13.0 Å².